The van der Waals surface area contributed by atoms with Crippen LogP contribution in [0.2, 0.25) is 0 Å². The van der Waals surface area contributed by atoms with E-state index < -0.39 is 11.4 Å². The van der Waals surface area contributed by atoms with Crippen molar-refractivity contribution >= 4 is 18.6 Å². The third kappa shape index (κ3) is 3.40. The molecular formula is C12H24O2S. The largest absolute Gasteiger partial charge is 0.481 e. The van der Waals surface area contributed by atoms with Crippen LogP contribution in [0.3, 0.4) is 0 Å². The third-order valence-electron chi connectivity index (χ3n) is 3.62. The Kier molecular flexibility index (Phi) is 4.31. The molecule has 0 aliphatic heterocycles. The monoisotopic (exact) mass is 232 g/mol. The van der Waals surface area contributed by atoms with E-state index in [1.165, 1.54) is 0 Å². The van der Waals surface area contributed by atoms with E-state index in [-0.39, 0.29) is 10.2 Å². The van der Waals surface area contributed by atoms with Crippen molar-refractivity contribution in [2.45, 2.75) is 59.1 Å². The van der Waals surface area contributed by atoms with Gasteiger partial charge in [0.25, 0.3) is 0 Å². The van der Waals surface area contributed by atoms with Gasteiger partial charge in [-0.1, -0.05) is 34.6 Å². The number of aliphatic carboxylic acids is 1. The van der Waals surface area contributed by atoms with E-state index >= 15 is 0 Å². The van der Waals surface area contributed by atoms with Gasteiger partial charge in [0, 0.05) is 4.75 Å². The molecule has 0 bridgehead atoms. The maximum absolute atomic E-state index is 11.4. The fourth-order valence-electron chi connectivity index (χ4n) is 1.55. The van der Waals surface area contributed by atoms with Crippen molar-refractivity contribution in [1.82, 2.24) is 0 Å². The lowest BCUT2D eigenvalue weighted by molar-refractivity contribution is -0.156. The molecule has 90 valence electrons. The number of rotatable bonds is 4. The summed E-state index contributed by atoms with van der Waals surface area (Å²) in [4.78, 5) is 11.4. The molecule has 2 nitrogen and oxygen atoms in total. The van der Waals surface area contributed by atoms with Crippen molar-refractivity contribution < 1.29 is 9.90 Å². The van der Waals surface area contributed by atoms with Gasteiger partial charge in [-0.3, -0.25) is 4.79 Å². The Morgan fingerprint density at radius 2 is 1.60 bits per heavy atom. The molecule has 15 heavy (non-hydrogen) atoms. The van der Waals surface area contributed by atoms with Gasteiger partial charge in [0.15, 0.2) is 0 Å². The molecule has 0 saturated heterocycles. The standard InChI is InChI=1S/C12H24O2S/c1-7-11(5,15)8-12(6,9(13)14)10(2,3)4/h15H,7-8H2,1-6H3,(H,13,14). The molecule has 0 spiro atoms. The molecule has 0 amide bonds. The summed E-state index contributed by atoms with van der Waals surface area (Å²) in [5.41, 5.74) is -1.00. The highest BCUT2D eigenvalue weighted by atomic mass is 32.1. The molecule has 0 aliphatic carbocycles. The Balaban J connectivity index is 5.09. The van der Waals surface area contributed by atoms with Crippen molar-refractivity contribution in [3.05, 3.63) is 0 Å². The quantitative estimate of drug-likeness (QED) is 0.727. The first-order valence-electron chi connectivity index (χ1n) is 5.42. The van der Waals surface area contributed by atoms with E-state index in [2.05, 4.69) is 12.6 Å². The summed E-state index contributed by atoms with van der Waals surface area (Å²) in [7, 11) is 0. The average molecular weight is 232 g/mol. The summed E-state index contributed by atoms with van der Waals surface area (Å²) < 4.78 is -0.222. The lowest BCUT2D eigenvalue weighted by Crippen LogP contribution is -2.44. The maximum Gasteiger partial charge on any atom is 0.309 e. The van der Waals surface area contributed by atoms with Crippen LogP contribution in [-0.2, 0) is 4.79 Å². The summed E-state index contributed by atoms with van der Waals surface area (Å²) in [5.74, 6) is -0.733. The van der Waals surface area contributed by atoms with Crippen LogP contribution in [0, 0.1) is 10.8 Å². The molecule has 0 aromatic rings. The van der Waals surface area contributed by atoms with Gasteiger partial charge in [0.05, 0.1) is 5.41 Å². The topological polar surface area (TPSA) is 37.3 Å². The van der Waals surface area contributed by atoms with Crippen LogP contribution in [0.4, 0.5) is 0 Å². The van der Waals surface area contributed by atoms with Gasteiger partial charge < -0.3 is 5.11 Å². The second kappa shape index (κ2) is 4.36. The Hall–Kier alpha value is -0.180. The van der Waals surface area contributed by atoms with Crippen molar-refractivity contribution in [2.24, 2.45) is 10.8 Å². The second-order valence-corrected chi connectivity index (χ2v) is 6.99. The molecule has 2 unspecified atom stereocenters. The highest BCUT2D eigenvalue weighted by molar-refractivity contribution is 7.81. The minimum atomic E-state index is -0.737. The normalized spacial score (nSPS) is 20.5. The average Bonchev–Trinajstić information content (AvgIpc) is 2.01. The van der Waals surface area contributed by atoms with Gasteiger partial charge >= 0.3 is 5.97 Å². The minimum absolute atomic E-state index is 0.222. The van der Waals surface area contributed by atoms with Crippen LogP contribution < -0.4 is 0 Å². The molecule has 0 fully saturated rings. The van der Waals surface area contributed by atoms with Crippen LogP contribution in [0.25, 0.3) is 0 Å². The number of carboxylic acid groups (broad SMARTS) is 1. The van der Waals surface area contributed by atoms with Crippen LogP contribution in [-0.4, -0.2) is 15.8 Å². The van der Waals surface area contributed by atoms with E-state index in [0.717, 1.165) is 6.42 Å². The SMILES string of the molecule is CCC(C)(S)CC(C)(C(=O)O)C(C)(C)C. The molecule has 0 saturated carbocycles. The molecule has 0 radical (unpaired) electrons. The number of hydrogen-bond donors (Lipinski definition) is 2. The molecule has 3 heteroatoms. The van der Waals surface area contributed by atoms with Crippen LogP contribution >= 0.6 is 12.6 Å². The van der Waals surface area contributed by atoms with Gasteiger partial charge in [0.2, 0.25) is 0 Å². The zero-order valence-electron chi connectivity index (χ0n) is 10.7. The summed E-state index contributed by atoms with van der Waals surface area (Å²) >= 11 is 4.54. The molecule has 2 atom stereocenters. The Morgan fingerprint density at radius 1 is 1.20 bits per heavy atom. The molecule has 1 N–H and O–H groups in total. The van der Waals surface area contributed by atoms with Crippen molar-refractivity contribution in [3.63, 3.8) is 0 Å². The van der Waals surface area contributed by atoms with Crippen molar-refractivity contribution in [2.75, 3.05) is 0 Å². The zero-order valence-corrected chi connectivity index (χ0v) is 11.6. The maximum atomic E-state index is 11.4. The van der Waals surface area contributed by atoms with E-state index in [1.54, 1.807) is 0 Å². The molecule has 0 aliphatic rings. The lowest BCUT2D eigenvalue weighted by Gasteiger charge is -2.42. The number of thiol groups is 1. The summed E-state index contributed by atoms with van der Waals surface area (Å²) in [6, 6.07) is 0. The molecule has 0 heterocycles. The van der Waals surface area contributed by atoms with Gasteiger partial charge in [-0.15, -0.1) is 0 Å². The molecule has 0 rings (SSSR count). The van der Waals surface area contributed by atoms with Gasteiger partial charge in [-0.2, -0.15) is 12.6 Å². The van der Waals surface area contributed by atoms with Crippen LogP contribution in [0.15, 0.2) is 0 Å². The van der Waals surface area contributed by atoms with Gasteiger partial charge in [0.1, 0.15) is 0 Å². The Morgan fingerprint density at radius 3 is 1.80 bits per heavy atom. The van der Waals surface area contributed by atoms with Gasteiger partial charge in [-0.05, 0) is 25.2 Å². The fraction of sp³-hybridized carbons (Fsp3) is 0.917. The van der Waals surface area contributed by atoms with E-state index in [4.69, 9.17) is 0 Å². The van der Waals surface area contributed by atoms with Crippen LogP contribution in [0.5, 0.6) is 0 Å². The summed E-state index contributed by atoms with van der Waals surface area (Å²) in [6.45, 7) is 11.8. The minimum Gasteiger partial charge on any atom is -0.481 e. The summed E-state index contributed by atoms with van der Waals surface area (Å²) in [5, 5.41) is 9.39. The molecular weight excluding hydrogens is 208 g/mol. The van der Waals surface area contributed by atoms with E-state index in [9.17, 15) is 9.90 Å². The first kappa shape index (κ1) is 14.8. The van der Waals surface area contributed by atoms with Crippen LogP contribution in [0.1, 0.15) is 54.4 Å². The second-order valence-electron chi connectivity index (χ2n) is 5.91. The van der Waals surface area contributed by atoms with E-state index in [1.807, 2.05) is 41.5 Å². The van der Waals surface area contributed by atoms with Crippen molar-refractivity contribution in [1.29, 1.82) is 0 Å². The Bertz CT molecular complexity index is 240. The highest BCUT2D eigenvalue weighted by Gasteiger charge is 2.47. The first-order chi connectivity index (χ1) is 6.46. The predicted octanol–water partition coefficient (Wildman–Crippen LogP) is 3.61. The lowest BCUT2D eigenvalue weighted by atomic mass is 9.63. The molecule has 0 aromatic heterocycles. The van der Waals surface area contributed by atoms with Gasteiger partial charge in [-0.25, -0.2) is 0 Å². The predicted molar refractivity (Wildman–Crippen MR) is 67.5 cm³/mol. The Labute approximate surface area is 98.9 Å². The fourth-order valence-corrected chi connectivity index (χ4v) is 1.86. The zero-order chi connectivity index (χ0) is 12.5. The first-order valence-corrected chi connectivity index (χ1v) is 5.87. The number of hydrogen-bond acceptors (Lipinski definition) is 2. The van der Waals surface area contributed by atoms with E-state index in [0.29, 0.717) is 6.42 Å². The highest BCUT2D eigenvalue weighted by Crippen LogP contribution is 2.46. The summed E-state index contributed by atoms with van der Waals surface area (Å²) in [6.07, 6.45) is 1.45. The smallest absolute Gasteiger partial charge is 0.309 e. The molecule has 0 aromatic carbocycles. The third-order valence-corrected chi connectivity index (χ3v) is 4.10. The number of carboxylic acids is 1. The van der Waals surface area contributed by atoms with Crippen molar-refractivity contribution in [3.8, 4) is 0 Å². The number of carbonyl (C=O) groups is 1.